The molecule has 40 heavy (non-hydrogen) atoms. The Morgan fingerprint density at radius 3 is 2.23 bits per heavy atom. The van der Waals surface area contributed by atoms with Gasteiger partial charge in [-0.2, -0.15) is 0 Å². The van der Waals surface area contributed by atoms with Gasteiger partial charge in [0.1, 0.15) is 17.4 Å². The van der Waals surface area contributed by atoms with Crippen molar-refractivity contribution in [1.29, 1.82) is 0 Å². The van der Waals surface area contributed by atoms with Gasteiger partial charge in [0, 0.05) is 25.2 Å². The lowest BCUT2D eigenvalue weighted by Gasteiger charge is -2.19. The van der Waals surface area contributed by atoms with Gasteiger partial charge in [-0.3, -0.25) is 4.79 Å². The van der Waals surface area contributed by atoms with Crippen molar-refractivity contribution in [3.8, 4) is 5.75 Å². The third-order valence-corrected chi connectivity index (χ3v) is 5.92. The van der Waals surface area contributed by atoms with E-state index in [-0.39, 0.29) is 17.7 Å². The van der Waals surface area contributed by atoms with Crippen LogP contribution in [-0.2, 0) is 33.7 Å². The number of nitrogens with one attached hydrogen (secondary N) is 3. The van der Waals surface area contributed by atoms with E-state index in [9.17, 15) is 19.5 Å². The molecule has 4 N–H and O–H groups in total. The minimum absolute atomic E-state index is 0.0415. The second-order valence-corrected chi connectivity index (χ2v) is 10.3. The van der Waals surface area contributed by atoms with Crippen molar-refractivity contribution >= 4 is 23.7 Å². The zero-order valence-corrected chi connectivity index (χ0v) is 23.3. The van der Waals surface area contributed by atoms with Crippen LogP contribution < -0.4 is 16.0 Å². The van der Waals surface area contributed by atoms with Crippen molar-refractivity contribution in [3.05, 3.63) is 95.1 Å². The Morgan fingerprint density at radius 2 is 1.57 bits per heavy atom. The molecule has 9 nitrogen and oxygen atoms in total. The number of aromatic hydroxyl groups is 1. The van der Waals surface area contributed by atoms with E-state index < -0.39 is 29.6 Å². The van der Waals surface area contributed by atoms with Crippen molar-refractivity contribution in [2.75, 3.05) is 19.0 Å². The minimum Gasteiger partial charge on any atom is -0.507 e. The smallest absolute Gasteiger partial charge is 0.407 e. The Kier molecular flexibility index (Phi) is 10.5. The van der Waals surface area contributed by atoms with Crippen LogP contribution in [0, 0.1) is 0 Å². The Hall–Kier alpha value is -4.53. The molecule has 0 saturated heterocycles. The molecule has 0 spiro atoms. The lowest BCUT2D eigenvalue weighted by atomic mass is 10.0. The molecule has 1 atom stereocenters. The topological polar surface area (TPSA) is 126 Å². The Labute approximate surface area is 234 Å². The fourth-order valence-electron chi connectivity index (χ4n) is 3.90. The molecule has 0 aliphatic heterocycles. The maximum atomic E-state index is 13.0. The van der Waals surface area contributed by atoms with Crippen LogP contribution in [0.2, 0.25) is 0 Å². The first-order chi connectivity index (χ1) is 19.0. The van der Waals surface area contributed by atoms with E-state index in [4.69, 9.17) is 9.47 Å². The van der Waals surface area contributed by atoms with Crippen LogP contribution in [0.25, 0.3) is 0 Å². The predicted octanol–water partition coefficient (Wildman–Crippen LogP) is 4.59. The van der Waals surface area contributed by atoms with Crippen LogP contribution in [0.15, 0.2) is 72.8 Å². The average Bonchev–Trinajstić information content (AvgIpc) is 2.92. The summed E-state index contributed by atoms with van der Waals surface area (Å²) in [5, 5.41) is 19.0. The molecule has 0 radical (unpaired) electrons. The summed E-state index contributed by atoms with van der Waals surface area (Å²) in [5.74, 6) is -1.36. The van der Waals surface area contributed by atoms with Gasteiger partial charge in [0.25, 0.3) is 5.91 Å². The van der Waals surface area contributed by atoms with E-state index >= 15 is 0 Å². The molecule has 9 heteroatoms. The van der Waals surface area contributed by atoms with Crippen LogP contribution in [0.5, 0.6) is 5.75 Å². The van der Waals surface area contributed by atoms with Gasteiger partial charge >= 0.3 is 12.1 Å². The first kappa shape index (κ1) is 30.0. The maximum absolute atomic E-state index is 13.0. The molecule has 3 aromatic rings. The molecule has 0 fully saturated rings. The number of phenols is 1. The second-order valence-electron chi connectivity index (χ2n) is 10.3. The molecule has 0 heterocycles. The van der Waals surface area contributed by atoms with E-state index in [1.54, 1.807) is 6.07 Å². The van der Waals surface area contributed by atoms with Gasteiger partial charge in [-0.1, -0.05) is 54.6 Å². The summed E-state index contributed by atoms with van der Waals surface area (Å²) in [7, 11) is 1.27. The van der Waals surface area contributed by atoms with Gasteiger partial charge in [-0.25, -0.2) is 9.59 Å². The molecule has 3 rings (SSSR count). The summed E-state index contributed by atoms with van der Waals surface area (Å²) in [4.78, 5) is 37.1. The summed E-state index contributed by atoms with van der Waals surface area (Å²) in [6, 6.07) is 21.0. The number of methoxy groups -OCH3 is 1. The Morgan fingerprint density at radius 1 is 0.900 bits per heavy atom. The molecule has 3 aromatic carbocycles. The highest BCUT2D eigenvalue weighted by Crippen LogP contribution is 2.22. The third kappa shape index (κ3) is 9.65. The molecule has 0 unspecified atom stereocenters. The number of phenolic OH excluding ortho intramolecular Hbond substituents is 1. The number of rotatable bonds is 11. The van der Waals surface area contributed by atoms with Crippen molar-refractivity contribution in [3.63, 3.8) is 0 Å². The van der Waals surface area contributed by atoms with Crippen molar-refractivity contribution < 1.29 is 29.0 Å². The minimum atomic E-state index is -0.909. The molecular formula is C31H37N3O6. The number of anilines is 1. The largest absolute Gasteiger partial charge is 0.507 e. The third-order valence-electron chi connectivity index (χ3n) is 5.92. The van der Waals surface area contributed by atoms with Crippen molar-refractivity contribution in [1.82, 2.24) is 10.6 Å². The van der Waals surface area contributed by atoms with E-state index in [2.05, 4.69) is 16.0 Å². The van der Waals surface area contributed by atoms with Gasteiger partial charge in [-0.15, -0.1) is 0 Å². The summed E-state index contributed by atoms with van der Waals surface area (Å²) in [6.07, 6.45) is 0.484. The molecule has 0 bridgehead atoms. The van der Waals surface area contributed by atoms with E-state index in [0.717, 1.165) is 16.7 Å². The quantitative estimate of drug-likeness (QED) is 0.204. The molecule has 0 aliphatic rings. The summed E-state index contributed by atoms with van der Waals surface area (Å²) in [6.45, 7) is 6.41. The number of alkyl carbamates (subject to hydrolysis) is 1. The number of benzene rings is 3. The fraction of sp³-hybridized carbons (Fsp3) is 0.323. The molecule has 0 saturated carbocycles. The Balaban J connectivity index is 1.56. The molecule has 0 aromatic heterocycles. The van der Waals surface area contributed by atoms with Crippen LogP contribution in [0.4, 0.5) is 10.5 Å². The van der Waals surface area contributed by atoms with Crippen LogP contribution in [-0.4, -0.2) is 48.4 Å². The van der Waals surface area contributed by atoms with E-state index in [0.29, 0.717) is 25.2 Å². The Bertz CT molecular complexity index is 1290. The highest BCUT2D eigenvalue weighted by Gasteiger charge is 2.24. The summed E-state index contributed by atoms with van der Waals surface area (Å²) >= 11 is 0. The standard InChI is InChI=1S/C31H37N3O6/c1-31(2,3)40-30(38)32-17-16-21-10-12-23(13-11-21)20-33-24-14-15-27(35)25(19-24)28(36)34-26(29(37)39-4)18-22-8-6-5-7-9-22/h5-15,19,26,33,35H,16-18,20H2,1-4H3,(H,32,38)(H,34,36)/t26-/m0/s1. The number of ether oxygens (including phenoxy) is 2. The molecule has 0 aliphatic carbocycles. The number of amides is 2. The monoisotopic (exact) mass is 547 g/mol. The highest BCUT2D eigenvalue weighted by atomic mass is 16.6. The van der Waals surface area contributed by atoms with Crippen LogP contribution in [0.3, 0.4) is 0 Å². The van der Waals surface area contributed by atoms with E-state index in [1.807, 2.05) is 75.4 Å². The first-order valence-corrected chi connectivity index (χ1v) is 13.1. The first-order valence-electron chi connectivity index (χ1n) is 13.1. The van der Waals surface area contributed by atoms with Crippen molar-refractivity contribution in [2.24, 2.45) is 0 Å². The molecule has 2 amide bonds. The SMILES string of the molecule is COC(=O)[C@H](Cc1ccccc1)NC(=O)c1cc(NCc2ccc(CCNC(=O)OC(C)(C)C)cc2)ccc1O. The van der Waals surface area contributed by atoms with Crippen LogP contribution in [0.1, 0.15) is 47.8 Å². The van der Waals surface area contributed by atoms with Crippen LogP contribution >= 0.6 is 0 Å². The fourth-order valence-corrected chi connectivity index (χ4v) is 3.90. The normalized spacial score (nSPS) is 11.7. The lowest BCUT2D eigenvalue weighted by molar-refractivity contribution is -0.142. The number of carbonyl (C=O) groups is 3. The number of hydrogen-bond donors (Lipinski definition) is 4. The zero-order valence-electron chi connectivity index (χ0n) is 23.3. The van der Waals surface area contributed by atoms with E-state index in [1.165, 1.54) is 19.2 Å². The maximum Gasteiger partial charge on any atom is 0.407 e. The molecular weight excluding hydrogens is 510 g/mol. The predicted molar refractivity (Wildman–Crippen MR) is 153 cm³/mol. The lowest BCUT2D eigenvalue weighted by Crippen LogP contribution is -2.43. The number of hydrogen-bond acceptors (Lipinski definition) is 7. The number of esters is 1. The number of carbonyl (C=O) groups excluding carboxylic acids is 3. The average molecular weight is 548 g/mol. The zero-order chi connectivity index (χ0) is 29.1. The van der Waals surface area contributed by atoms with Gasteiger partial charge in [-0.05, 0) is 62.1 Å². The summed E-state index contributed by atoms with van der Waals surface area (Å²) in [5.41, 5.74) is 3.08. The van der Waals surface area contributed by atoms with Gasteiger partial charge in [0.15, 0.2) is 0 Å². The van der Waals surface area contributed by atoms with Crippen molar-refractivity contribution in [2.45, 2.75) is 51.8 Å². The van der Waals surface area contributed by atoms with Gasteiger partial charge < -0.3 is 30.5 Å². The van der Waals surface area contributed by atoms with Gasteiger partial charge in [0.2, 0.25) is 0 Å². The highest BCUT2D eigenvalue weighted by molar-refractivity contribution is 5.99. The summed E-state index contributed by atoms with van der Waals surface area (Å²) < 4.78 is 10.1. The molecule has 212 valence electrons. The van der Waals surface area contributed by atoms with Gasteiger partial charge in [0.05, 0.1) is 12.7 Å². The second kappa shape index (κ2) is 14.0.